The average Bonchev–Trinajstić information content (AvgIpc) is 3.56. The van der Waals surface area contributed by atoms with E-state index in [9.17, 15) is 10.1 Å². The first-order valence-corrected chi connectivity index (χ1v) is 10.4. The lowest BCUT2D eigenvalue weighted by molar-refractivity contribution is 0.0996. The number of carbonyl (C=O) groups is 1. The van der Waals surface area contributed by atoms with Gasteiger partial charge in [0.25, 0.3) is 5.91 Å². The molecule has 4 aromatic rings. The molecule has 1 unspecified atom stereocenters. The van der Waals surface area contributed by atoms with Crippen LogP contribution >= 0.6 is 0 Å². The molecule has 0 saturated carbocycles. The molecule has 34 heavy (non-hydrogen) atoms. The lowest BCUT2D eigenvalue weighted by atomic mass is 10.1. The van der Waals surface area contributed by atoms with Crippen molar-refractivity contribution in [1.29, 1.82) is 5.26 Å². The van der Waals surface area contributed by atoms with Crippen LogP contribution in [0.2, 0.25) is 0 Å². The third-order valence-corrected chi connectivity index (χ3v) is 5.19. The molecule has 3 aromatic heterocycles. The van der Waals surface area contributed by atoms with Crippen LogP contribution in [0.4, 0.5) is 23.0 Å². The van der Waals surface area contributed by atoms with E-state index >= 15 is 0 Å². The summed E-state index contributed by atoms with van der Waals surface area (Å²) in [4.78, 5) is 24.8. The third-order valence-electron chi connectivity index (χ3n) is 5.19. The number of hydrogen-bond acceptors (Lipinski definition) is 10. The number of ether oxygens (including phenoxy) is 2. The number of nitrogens with two attached hydrogens (primary N) is 1. The van der Waals surface area contributed by atoms with E-state index < -0.39 is 5.91 Å². The van der Waals surface area contributed by atoms with Crippen molar-refractivity contribution in [1.82, 2.24) is 15.0 Å². The van der Waals surface area contributed by atoms with E-state index in [1.165, 1.54) is 30.9 Å². The van der Waals surface area contributed by atoms with Crippen LogP contribution in [0, 0.1) is 11.3 Å². The molecule has 170 valence electrons. The van der Waals surface area contributed by atoms with Gasteiger partial charge in [-0.25, -0.2) is 9.97 Å². The number of fused-ring (bicyclic) bond motifs is 1. The van der Waals surface area contributed by atoms with E-state index in [1.54, 1.807) is 18.2 Å². The number of carbonyl (C=O) groups excluding carboxylic acids is 1. The van der Waals surface area contributed by atoms with Crippen LogP contribution in [-0.2, 0) is 4.74 Å². The van der Waals surface area contributed by atoms with Crippen LogP contribution in [0.1, 0.15) is 22.5 Å². The summed E-state index contributed by atoms with van der Waals surface area (Å²) in [6.45, 7) is 1.17. The summed E-state index contributed by atoms with van der Waals surface area (Å²) in [6, 6.07) is 8.74. The fourth-order valence-corrected chi connectivity index (χ4v) is 3.52. The monoisotopic (exact) mass is 457 g/mol. The number of aromatic nitrogens is 3. The lowest BCUT2D eigenvalue weighted by Crippen LogP contribution is -2.16. The number of hydrogen-bond donors (Lipinski definition) is 3. The highest BCUT2D eigenvalue weighted by Crippen LogP contribution is 2.35. The number of nitrogens with one attached hydrogen (secondary N) is 2. The minimum Gasteiger partial charge on any atom is -0.486 e. The van der Waals surface area contributed by atoms with Crippen molar-refractivity contribution in [2.45, 2.75) is 12.5 Å². The Bertz CT molecular complexity index is 1380. The molecular weight excluding hydrogens is 438 g/mol. The van der Waals surface area contributed by atoms with Crippen molar-refractivity contribution in [2.75, 3.05) is 29.6 Å². The Balaban J connectivity index is 1.40. The van der Waals surface area contributed by atoms with Crippen molar-refractivity contribution < 1.29 is 18.7 Å². The third kappa shape index (κ3) is 4.30. The van der Waals surface area contributed by atoms with Gasteiger partial charge in [0.2, 0.25) is 5.95 Å². The maximum absolute atomic E-state index is 12.1. The number of furan rings is 1. The molecule has 1 aliphatic rings. The molecule has 0 radical (unpaired) electrons. The zero-order valence-electron chi connectivity index (χ0n) is 17.8. The van der Waals surface area contributed by atoms with Crippen molar-refractivity contribution in [3.05, 3.63) is 60.4 Å². The molecule has 4 N–H and O–H groups in total. The Morgan fingerprint density at radius 2 is 2.09 bits per heavy atom. The second kappa shape index (κ2) is 9.05. The number of rotatable bonds is 6. The van der Waals surface area contributed by atoms with Gasteiger partial charge in [0.05, 0.1) is 60.0 Å². The van der Waals surface area contributed by atoms with Crippen LogP contribution in [-0.4, -0.2) is 40.2 Å². The molecule has 4 heterocycles. The maximum atomic E-state index is 12.1. The normalized spacial score (nSPS) is 15.1. The number of anilines is 4. The van der Waals surface area contributed by atoms with Gasteiger partial charge in [0.15, 0.2) is 5.76 Å². The highest BCUT2D eigenvalue weighted by molar-refractivity contribution is 6.01. The van der Waals surface area contributed by atoms with Crippen molar-refractivity contribution in [3.8, 4) is 11.8 Å². The van der Waals surface area contributed by atoms with E-state index in [4.69, 9.17) is 19.6 Å². The zero-order chi connectivity index (χ0) is 23.5. The molecule has 1 fully saturated rings. The lowest BCUT2D eigenvalue weighted by Gasteiger charge is -2.16. The number of amides is 1. The molecular formula is C23H19N7O4. The molecule has 1 saturated heterocycles. The Morgan fingerprint density at radius 1 is 1.24 bits per heavy atom. The average molecular weight is 457 g/mol. The van der Waals surface area contributed by atoms with Gasteiger partial charge in [-0.15, -0.1) is 0 Å². The highest BCUT2D eigenvalue weighted by atomic mass is 16.5. The summed E-state index contributed by atoms with van der Waals surface area (Å²) in [5.41, 5.74) is 8.60. The van der Waals surface area contributed by atoms with E-state index in [0.29, 0.717) is 52.5 Å². The predicted octanol–water partition coefficient (Wildman–Crippen LogP) is 3.24. The number of pyridine rings is 1. The van der Waals surface area contributed by atoms with Gasteiger partial charge in [-0.05, 0) is 18.2 Å². The molecule has 1 aliphatic heterocycles. The Labute approximate surface area is 193 Å². The molecule has 5 rings (SSSR count). The van der Waals surface area contributed by atoms with Crippen molar-refractivity contribution in [2.24, 2.45) is 0 Å². The SMILES string of the molecule is N#Cc1cnc2cc(OC3CCOC3)c(N)cc2c1Nc1cnc(NC(=O)c2ccco2)nc1. The fourth-order valence-electron chi connectivity index (χ4n) is 3.52. The Hall–Kier alpha value is -4.69. The Morgan fingerprint density at radius 3 is 2.79 bits per heavy atom. The van der Waals surface area contributed by atoms with Gasteiger partial charge in [-0.3, -0.25) is 15.1 Å². The molecule has 1 aromatic carbocycles. The van der Waals surface area contributed by atoms with Crippen molar-refractivity contribution in [3.63, 3.8) is 0 Å². The maximum Gasteiger partial charge on any atom is 0.293 e. The van der Waals surface area contributed by atoms with Gasteiger partial charge >= 0.3 is 0 Å². The summed E-state index contributed by atoms with van der Waals surface area (Å²) in [5.74, 6) is 0.310. The number of nitriles is 1. The molecule has 11 nitrogen and oxygen atoms in total. The molecule has 0 spiro atoms. The first kappa shape index (κ1) is 21.2. The first-order chi connectivity index (χ1) is 16.6. The van der Waals surface area contributed by atoms with Crippen LogP contribution in [0.5, 0.6) is 5.75 Å². The fraction of sp³-hybridized carbons (Fsp3) is 0.174. The summed E-state index contributed by atoms with van der Waals surface area (Å²) in [6.07, 6.45) is 6.59. The smallest absolute Gasteiger partial charge is 0.293 e. The van der Waals surface area contributed by atoms with Crippen molar-refractivity contribution >= 4 is 39.8 Å². The molecule has 0 bridgehead atoms. The second-order valence-corrected chi connectivity index (χ2v) is 7.52. The van der Waals surface area contributed by atoms with Gasteiger partial charge < -0.3 is 24.9 Å². The van der Waals surface area contributed by atoms with Crippen LogP contribution < -0.4 is 21.1 Å². The molecule has 0 aliphatic carbocycles. The van der Waals surface area contributed by atoms with E-state index in [1.807, 2.05) is 0 Å². The minimum absolute atomic E-state index is 0.0559. The summed E-state index contributed by atoms with van der Waals surface area (Å²) in [5, 5.41) is 16.0. The van der Waals surface area contributed by atoms with E-state index in [2.05, 4.69) is 31.7 Å². The molecule has 11 heteroatoms. The largest absolute Gasteiger partial charge is 0.486 e. The summed E-state index contributed by atoms with van der Waals surface area (Å²) in [7, 11) is 0. The van der Waals surface area contributed by atoms with Gasteiger partial charge in [-0.2, -0.15) is 5.26 Å². The highest BCUT2D eigenvalue weighted by Gasteiger charge is 2.20. The van der Waals surface area contributed by atoms with Crippen LogP contribution in [0.25, 0.3) is 10.9 Å². The zero-order valence-corrected chi connectivity index (χ0v) is 17.8. The number of nitrogen functional groups attached to an aromatic ring is 1. The quantitative estimate of drug-likeness (QED) is 0.366. The number of nitrogens with zero attached hydrogens (tertiary/aromatic N) is 4. The summed E-state index contributed by atoms with van der Waals surface area (Å²) >= 11 is 0. The molecule has 1 atom stereocenters. The number of benzene rings is 1. The first-order valence-electron chi connectivity index (χ1n) is 10.4. The topological polar surface area (TPSA) is 161 Å². The van der Waals surface area contributed by atoms with E-state index in [-0.39, 0.29) is 17.8 Å². The van der Waals surface area contributed by atoms with Gasteiger partial charge in [0, 0.05) is 24.1 Å². The second-order valence-electron chi connectivity index (χ2n) is 7.52. The summed E-state index contributed by atoms with van der Waals surface area (Å²) < 4.78 is 16.4. The van der Waals surface area contributed by atoms with Gasteiger partial charge in [0.1, 0.15) is 17.9 Å². The molecule has 1 amide bonds. The Kier molecular flexibility index (Phi) is 5.63. The predicted molar refractivity (Wildman–Crippen MR) is 123 cm³/mol. The minimum atomic E-state index is -0.463. The van der Waals surface area contributed by atoms with E-state index in [0.717, 1.165) is 6.42 Å². The van der Waals surface area contributed by atoms with Crippen LogP contribution in [0.15, 0.2) is 53.5 Å². The van der Waals surface area contributed by atoms with Gasteiger partial charge in [-0.1, -0.05) is 0 Å². The van der Waals surface area contributed by atoms with Crippen LogP contribution in [0.3, 0.4) is 0 Å². The standard InChI is InChI=1S/C23H19N7O4/c24-8-13-9-26-18-7-20(34-15-3-5-32-12-15)17(25)6-16(18)21(13)29-14-10-27-23(28-11-14)30-22(31)19-2-1-4-33-19/h1-2,4,6-7,9-11,15H,3,5,12,25H2,(H,26,29)(H,27,28,30,31).